The van der Waals surface area contributed by atoms with E-state index in [1.165, 1.54) is 18.4 Å². The van der Waals surface area contributed by atoms with Crippen LogP contribution in [0, 0.1) is 62.1 Å². The fourth-order valence-electron chi connectivity index (χ4n) is 13.1. The Morgan fingerprint density at radius 1 is 0.795 bits per heavy atom. The standard InChI is InChI=1S/C38H60O6/c1-23(2)24-12-17-38(21-30(41)42)19-18-36(8)25(32(24)38)10-11-27-35(7)15-14-28(34(5,6)26(35)13-16-37(27,36)9)44-31(43)22-33(3,4)20-29(39)40/h24-28,32H,1,10-22H2,2-9H3,(H,39,40)(H,41,42)/t24-,25+,26-,27?,28-,32+,35-,36+,37+,38+/m0/s1. The first-order valence-electron chi connectivity index (χ1n) is 17.5. The average Bonchev–Trinajstić information content (AvgIpc) is 3.24. The number of fused-ring (bicyclic) bond motifs is 7. The van der Waals surface area contributed by atoms with Crippen LogP contribution in [0.15, 0.2) is 12.2 Å². The molecular formula is C38H60O6. The molecule has 44 heavy (non-hydrogen) atoms. The number of hydrogen-bond acceptors (Lipinski definition) is 4. The van der Waals surface area contributed by atoms with Gasteiger partial charge in [-0.2, -0.15) is 0 Å². The van der Waals surface area contributed by atoms with E-state index in [9.17, 15) is 24.6 Å². The van der Waals surface area contributed by atoms with E-state index in [4.69, 9.17) is 4.74 Å². The normalized spacial score (nSPS) is 44.4. The van der Waals surface area contributed by atoms with Crippen LogP contribution in [-0.4, -0.2) is 34.2 Å². The topological polar surface area (TPSA) is 101 Å². The highest BCUT2D eigenvalue weighted by molar-refractivity contribution is 5.73. The van der Waals surface area contributed by atoms with Gasteiger partial charge in [0.1, 0.15) is 6.10 Å². The first-order valence-corrected chi connectivity index (χ1v) is 17.5. The molecule has 6 heteroatoms. The van der Waals surface area contributed by atoms with Crippen LogP contribution in [0.2, 0.25) is 0 Å². The molecule has 10 atom stereocenters. The quantitative estimate of drug-likeness (QED) is 0.210. The van der Waals surface area contributed by atoms with Gasteiger partial charge in [0.05, 0.1) is 19.3 Å². The van der Waals surface area contributed by atoms with Gasteiger partial charge in [-0.1, -0.05) is 60.6 Å². The first-order chi connectivity index (χ1) is 20.2. The van der Waals surface area contributed by atoms with E-state index in [0.717, 1.165) is 51.4 Å². The van der Waals surface area contributed by atoms with Crippen molar-refractivity contribution in [2.45, 2.75) is 145 Å². The Morgan fingerprint density at radius 3 is 2.09 bits per heavy atom. The monoisotopic (exact) mass is 612 g/mol. The highest BCUT2D eigenvalue weighted by atomic mass is 16.5. The Labute approximate surface area is 266 Å². The number of allylic oxidation sites excluding steroid dienone is 1. The Bertz CT molecular complexity index is 1200. The molecule has 0 amide bonds. The summed E-state index contributed by atoms with van der Waals surface area (Å²) >= 11 is 0. The molecule has 0 heterocycles. The molecule has 5 aliphatic carbocycles. The maximum atomic E-state index is 13.1. The number of carboxylic acids is 2. The van der Waals surface area contributed by atoms with Crippen LogP contribution in [0.3, 0.4) is 0 Å². The van der Waals surface area contributed by atoms with Crippen molar-refractivity contribution in [1.82, 2.24) is 0 Å². The average molecular weight is 613 g/mol. The van der Waals surface area contributed by atoms with Gasteiger partial charge in [-0.25, -0.2) is 0 Å². The molecule has 0 aromatic rings. The van der Waals surface area contributed by atoms with Crippen molar-refractivity contribution in [1.29, 1.82) is 0 Å². The van der Waals surface area contributed by atoms with Crippen molar-refractivity contribution in [2.24, 2.45) is 62.1 Å². The van der Waals surface area contributed by atoms with Crippen molar-refractivity contribution >= 4 is 17.9 Å². The summed E-state index contributed by atoms with van der Waals surface area (Å²) in [6, 6.07) is 0. The highest BCUT2D eigenvalue weighted by Gasteiger charge is 2.71. The van der Waals surface area contributed by atoms with Crippen molar-refractivity contribution in [3.63, 3.8) is 0 Å². The number of ether oxygens (including phenoxy) is 1. The molecular weight excluding hydrogens is 552 g/mol. The van der Waals surface area contributed by atoms with E-state index >= 15 is 0 Å². The molecule has 0 aromatic carbocycles. The summed E-state index contributed by atoms with van der Waals surface area (Å²) in [7, 11) is 0. The van der Waals surface area contributed by atoms with Crippen LogP contribution < -0.4 is 0 Å². The van der Waals surface area contributed by atoms with E-state index in [-0.39, 0.29) is 52.0 Å². The third kappa shape index (κ3) is 5.07. The van der Waals surface area contributed by atoms with E-state index in [1.807, 2.05) is 13.8 Å². The molecule has 5 rings (SSSR count). The van der Waals surface area contributed by atoms with Crippen molar-refractivity contribution in [3.8, 4) is 0 Å². The molecule has 0 aromatic heterocycles. The number of carbonyl (C=O) groups is 3. The molecule has 6 nitrogen and oxygen atoms in total. The fraction of sp³-hybridized carbons (Fsp3) is 0.868. The summed E-state index contributed by atoms with van der Waals surface area (Å²) in [6.07, 6.45) is 11.0. The van der Waals surface area contributed by atoms with Gasteiger partial charge in [0.15, 0.2) is 0 Å². The molecule has 0 bridgehead atoms. The van der Waals surface area contributed by atoms with Crippen molar-refractivity contribution < 1.29 is 29.3 Å². The number of rotatable bonds is 8. The second-order valence-corrected chi connectivity index (χ2v) is 18.4. The summed E-state index contributed by atoms with van der Waals surface area (Å²) in [5.41, 5.74) is 0.842. The summed E-state index contributed by atoms with van der Waals surface area (Å²) in [6.45, 7) is 22.6. The van der Waals surface area contributed by atoms with E-state index < -0.39 is 17.4 Å². The number of aliphatic carboxylic acids is 2. The molecule has 1 unspecified atom stereocenters. The maximum Gasteiger partial charge on any atom is 0.306 e. The minimum absolute atomic E-state index is 0.0533. The van der Waals surface area contributed by atoms with Gasteiger partial charge in [0, 0.05) is 5.41 Å². The zero-order valence-corrected chi connectivity index (χ0v) is 28.9. The van der Waals surface area contributed by atoms with Gasteiger partial charge in [0.25, 0.3) is 0 Å². The zero-order valence-electron chi connectivity index (χ0n) is 28.9. The van der Waals surface area contributed by atoms with Crippen LogP contribution in [-0.2, 0) is 19.1 Å². The number of esters is 1. The summed E-state index contributed by atoms with van der Waals surface area (Å²) in [5, 5.41) is 19.3. The molecule has 2 N–H and O–H groups in total. The molecule has 5 saturated carbocycles. The molecule has 0 spiro atoms. The Morgan fingerprint density at radius 2 is 1.48 bits per heavy atom. The third-order valence-electron chi connectivity index (χ3n) is 15.2. The van der Waals surface area contributed by atoms with E-state index in [2.05, 4.69) is 48.1 Å². The minimum Gasteiger partial charge on any atom is -0.481 e. The minimum atomic E-state index is -0.890. The predicted molar refractivity (Wildman–Crippen MR) is 172 cm³/mol. The second-order valence-electron chi connectivity index (χ2n) is 18.4. The molecule has 5 fully saturated rings. The Balaban J connectivity index is 1.40. The number of carbonyl (C=O) groups excluding carboxylic acids is 1. The van der Waals surface area contributed by atoms with Crippen molar-refractivity contribution in [3.05, 3.63) is 12.2 Å². The van der Waals surface area contributed by atoms with E-state index in [0.29, 0.717) is 36.0 Å². The molecule has 0 saturated heterocycles. The predicted octanol–water partition coefficient (Wildman–Crippen LogP) is 8.92. The Kier molecular flexibility index (Phi) is 8.27. The first kappa shape index (κ1) is 33.5. The highest BCUT2D eigenvalue weighted by Crippen LogP contribution is 2.78. The van der Waals surface area contributed by atoms with Crippen LogP contribution >= 0.6 is 0 Å². The maximum absolute atomic E-state index is 13.1. The van der Waals surface area contributed by atoms with Crippen molar-refractivity contribution in [2.75, 3.05) is 0 Å². The lowest BCUT2D eigenvalue weighted by atomic mass is 9.32. The fourth-order valence-corrected chi connectivity index (χ4v) is 13.1. The Hall–Kier alpha value is -1.85. The third-order valence-corrected chi connectivity index (χ3v) is 15.2. The second kappa shape index (κ2) is 10.9. The molecule has 0 aliphatic heterocycles. The number of carboxylic acid groups (broad SMARTS) is 2. The van der Waals surface area contributed by atoms with Crippen LogP contribution in [0.1, 0.15) is 139 Å². The van der Waals surface area contributed by atoms with Gasteiger partial charge in [0.2, 0.25) is 0 Å². The lowest BCUT2D eigenvalue weighted by Crippen LogP contribution is -2.66. The smallest absolute Gasteiger partial charge is 0.306 e. The SMILES string of the molecule is C=C(C)[C@@H]1CC[C@]2(CC(=O)O)CC[C@]3(C)[C@H](CCC4[C@@]5(C)CC[C@H](OC(=O)CC(C)(C)CC(=O)O)C(C)(C)[C@@H]5CC[C@]43C)[C@@H]12. The summed E-state index contributed by atoms with van der Waals surface area (Å²) < 4.78 is 6.22. The van der Waals surface area contributed by atoms with Gasteiger partial charge in [-0.15, -0.1) is 0 Å². The summed E-state index contributed by atoms with van der Waals surface area (Å²) in [5.74, 6) is 0.583. The number of hydrogen-bond donors (Lipinski definition) is 2. The van der Waals surface area contributed by atoms with Gasteiger partial charge in [-0.3, -0.25) is 14.4 Å². The molecule has 0 radical (unpaired) electrons. The van der Waals surface area contributed by atoms with Gasteiger partial charge < -0.3 is 14.9 Å². The molecule has 248 valence electrons. The molecule has 5 aliphatic rings. The van der Waals surface area contributed by atoms with Crippen LogP contribution in [0.4, 0.5) is 0 Å². The van der Waals surface area contributed by atoms with Crippen LogP contribution in [0.25, 0.3) is 0 Å². The lowest BCUT2D eigenvalue weighted by molar-refractivity contribution is -0.250. The van der Waals surface area contributed by atoms with E-state index in [1.54, 1.807) is 0 Å². The zero-order chi connectivity index (χ0) is 32.7. The summed E-state index contributed by atoms with van der Waals surface area (Å²) in [4.78, 5) is 36.6. The van der Waals surface area contributed by atoms with Crippen LogP contribution in [0.5, 0.6) is 0 Å². The largest absolute Gasteiger partial charge is 0.481 e. The van der Waals surface area contributed by atoms with Gasteiger partial charge >= 0.3 is 17.9 Å². The lowest BCUT2D eigenvalue weighted by Gasteiger charge is -2.73. The van der Waals surface area contributed by atoms with Gasteiger partial charge in [-0.05, 0) is 128 Å².